The Labute approximate surface area is 217 Å². The predicted octanol–water partition coefficient (Wildman–Crippen LogP) is 6.85. The summed E-state index contributed by atoms with van der Waals surface area (Å²) in [5.74, 6) is 0.207. The highest BCUT2D eigenvalue weighted by atomic mass is 35.5. The highest BCUT2D eigenvalue weighted by Gasteiger charge is 2.35. The SMILES string of the molecule is Cc1ccc(C(C)C)c(OCCN2C(=O)S/C(=C\c3ccc(-c4cc(C(=O)O)ccc4Cl)o3)C2=O)c1. The van der Waals surface area contributed by atoms with Gasteiger partial charge in [-0.3, -0.25) is 14.5 Å². The van der Waals surface area contributed by atoms with E-state index in [0.29, 0.717) is 22.1 Å². The zero-order valence-corrected chi connectivity index (χ0v) is 21.5. The van der Waals surface area contributed by atoms with E-state index in [1.807, 2.05) is 25.1 Å². The summed E-state index contributed by atoms with van der Waals surface area (Å²) >= 11 is 7.04. The summed E-state index contributed by atoms with van der Waals surface area (Å²) < 4.78 is 11.7. The first-order valence-corrected chi connectivity index (χ1v) is 12.4. The zero-order valence-electron chi connectivity index (χ0n) is 19.9. The Morgan fingerprint density at radius 2 is 1.94 bits per heavy atom. The minimum atomic E-state index is -1.08. The Balaban J connectivity index is 1.45. The molecule has 1 fully saturated rings. The van der Waals surface area contributed by atoms with Crippen LogP contribution in [-0.2, 0) is 4.79 Å². The molecule has 36 heavy (non-hydrogen) atoms. The topological polar surface area (TPSA) is 97.1 Å². The molecule has 186 valence electrons. The van der Waals surface area contributed by atoms with Crippen molar-refractivity contribution in [3.63, 3.8) is 0 Å². The minimum Gasteiger partial charge on any atom is -0.491 e. The Bertz CT molecular complexity index is 1380. The van der Waals surface area contributed by atoms with Crippen molar-refractivity contribution < 1.29 is 28.6 Å². The van der Waals surface area contributed by atoms with Crippen LogP contribution in [0.1, 0.15) is 47.0 Å². The van der Waals surface area contributed by atoms with Crippen molar-refractivity contribution >= 4 is 46.6 Å². The fourth-order valence-corrected chi connectivity index (χ4v) is 4.79. The number of benzene rings is 2. The molecule has 4 rings (SSSR count). The maximum absolute atomic E-state index is 12.9. The van der Waals surface area contributed by atoms with Gasteiger partial charge in [-0.1, -0.05) is 37.6 Å². The van der Waals surface area contributed by atoms with E-state index in [9.17, 15) is 19.5 Å². The molecule has 0 spiro atoms. The number of aromatic carboxylic acids is 1. The molecule has 2 aromatic carbocycles. The van der Waals surface area contributed by atoms with E-state index in [1.54, 1.807) is 12.1 Å². The van der Waals surface area contributed by atoms with Crippen LogP contribution in [0.15, 0.2) is 57.9 Å². The molecular formula is C27H24ClNO6S. The first kappa shape index (κ1) is 25.6. The van der Waals surface area contributed by atoms with Crippen LogP contribution in [0.3, 0.4) is 0 Å². The van der Waals surface area contributed by atoms with Crippen molar-refractivity contribution in [1.82, 2.24) is 4.90 Å². The molecule has 1 aliphatic heterocycles. The fourth-order valence-electron chi connectivity index (χ4n) is 3.73. The Hall–Kier alpha value is -3.49. The number of imide groups is 1. The number of carboxylic acid groups (broad SMARTS) is 1. The number of aryl methyl sites for hydroxylation is 1. The molecule has 1 aliphatic rings. The van der Waals surface area contributed by atoms with Gasteiger partial charge in [0.05, 0.1) is 22.0 Å². The highest BCUT2D eigenvalue weighted by Crippen LogP contribution is 2.35. The number of ether oxygens (including phenoxy) is 1. The zero-order chi connectivity index (χ0) is 26.0. The largest absolute Gasteiger partial charge is 0.491 e. The second-order valence-corrected chi connectivity index (χ2v) is 9.98. The lowest BCUT2D eigenvalue weighted by molar-refractivity contribution is -0.123. The summed E-state index contributed by atoms with van der Waals surface area (Å²) in [7, 11) is 0. The van der Waals surface area contributed by atoms with E-state index < -0.39 is 11.9 Å². The van der Waals surface area contributed by atoms with E-state index >= 15 is 0 Å². The molecule has 0 unspecified atom stereocenters. The van der Waals surface area contributed by atoms with Crippen LogP contribution < -0.4 is 4.74 Å². The van der Waals surface area contributed by atoms with E-state index in [4.69, 9.17) is 20.8 Å². The van der Waals surface area contributed by atoms with Crippen molar-refractivity contribution in [1.29, 1.82) is 0 Å². The summed E-state index contributed by atoms with van der Waals surface area (Å²) in [4.78, 5) is 38.0. The monoisotopic (exact) mass is 525 g/mol. The molecule has 0 bridgehead atoms. The van der Waals surface area contributed by atoms with Crippen LogP contribution in [0.5, 0.6) is 5.75 Å². The number of nitrogens with zero attached hydrogens (tertiary/aromatic N) is 1. The van der Waals surface area contributed by atoms with Crippen LogP contribution in [0, 0.1) is 6.92 Å². The third-order valence-corrected chi connectivity index (χ3v) is 6.85. The maximum atomic E-state index is 12.9. The van der Waals surface area contributed by atoms with Gasteiger partial charge in [0.25, 0.3) is 11.1 Å². The normalized spacial score (nSPS) is 14.8. The number of carboxylic acids is 1. The number of carbonyl (C=O) groups excluding carboxylic acids is 2. The molecule has 0 radical (unpaired) electrons. The summed E-state index contributed by atoms with van der Waals surface area (Å²) in [6.07, 6.45) is 1.49. The van der Waals surface area contributed by atoms with E-state index in [0.717, 1.165) is 33.5 Å². The van der Waals surface area contributed by atoms with Crippen molar-refractivity contribution in [2.75, 3.05) is 13.2 Å². The van der Waals surface area contributed by atoms with Crippen molar-refractivity contribution in [3.05, 3.63) is 80.9 Å². The van der Waals surface area contributed by atoms with Crippen LogP contribution in [0.4, 0.5) is 4.79 Å². The maximum Gasteiger partial charge on any atom is 0.335 e. The van der Waals surface area contributed by atoms with Gasteiger partial charge in [-0.05, 0) is 72.1 Å². The van der Waals surface area contributed by atoms with Crippen LogP contribution in [0.2, 0.25) is 5.02 Å². The molecule has 3 aromatic rings. The van der Waals surface area contributed by atoms with Gasteiger partial charge in [0.2, 0.25) is 0 Å². The number of carbonyl (C=O) groups is 3. The van der Waals surface area contributed by atoms with Gasteiger partial charge in [-0.25, -0.2) is 4.79 Å². The molecule has 1 saturated heterocycles. The summed E-state index contributed by atoms with van der Waals surface area (Å²) in [6.45, 7) is 6.44. The number of hydrogen-bond acceptors (Lipinski definition) is 6. The van der Waals surface area contributed by atoms with Gasteiger partial charge in [0.15, 0.2) is 0 Å². The van der Waals surface area contributed by atoms with Crippen molar-refractivity contribution in [2.45, 2.75) is 26.7 Å². The van der Waals surface area contributed by atoms with Gasteiger partial charge in [-0.15, -0.1) is 0 Å². The van der Waals surface area contributed by atoms with E-state index in [-0.39, 0.29) is 34.8 Å². The smallest absolute Gasteiger partial charge is 0.335 e. The molecule has 0 aliphatic carbocycles. The number of halogens is 1. The molecular weight excluding hydrogens is 502 g/mol. The number of hydrogen-bond donors (Lipinski definition) is 1. The van der Waals surface area contributed by atoms with Gasteiger partial charge in [-0.2, -0.15) is 0 Å². The molecule has 1 aromatic heterocycles. The lowest BCUT2D eigenvalue weighted by Gasteiger charge is -2.17. The fraction of sp³-hybridized carbons (Fsp3) is 0.222. The molecule has 0 atom stereocenters. The van der Waals surface area contributed by atoms with Crippen molar-refractivity contribution in [2.24, 2.45) is 0 Å². The van der Waals surface area contributed by atoms with E-state index in [1.165, 1.54) is 24.3 Å². The van der Waals surface area contributed by atoms with Gasteiger partial charge in [0.1, 0.15) is 23.9 Å². The third-order valence-electron chi connectivity index (χ3n) is 5.62. The molecule has 2 amide bonds. The first-order valence-electron chi connectivity index (χ1n) is 11.3. The Kier molecular flexibility index (Phi) is 7.56. The third kappa shape index (κ3) is 5.50. The Morgan fingerprint density at radius 3 is 2.67 bits per heavy atom. The van der Waals surface area contributed by atoms with E-state index in [2.05, 4.69) is 13.8 Å². The lowest BCUT2D eigenvalue weighted by atomic mass is 10.0. The second kappa shape index (κ2) is 10.6. The average Bonchev–Trinajstić information content (AvgIpc) is 3.39. The average molecular weight is 526 g/mol. The summed E-state index contributed by atoms with van der Waals surface area (Å²) in [6, 6.07) is 13.6. The Morgan fingerprint density at radius 1 is 1.17 bits per heavy atom. The second-order valence-electron chi connectivity index (χ2n) is 8.58. The molecule has 7 nitrogen and oxygen atoms in total. The first-order chi connectivity index (χ1) is 17.1. The molecule has 2 heterocycles. The van der Waals surface area contributed by atoms with Crippen LogP contribution in [-0.4, -0.2) is 40.3 Å². The van der Waals surface area contributed by atoms with Gasteiger partial charge in [0, 0.05) is 11.6 Å². The van der Waals surface area contributed by atoms with Gasteiger partial charge >= 0.3 is 5.97 Å². The van der Waals surface area contributed by atoms with Crippen molar-refractivity contribution in [3.8, 4) is 17.1 Å². The number of thioether (sulfide) groups is 1. The molecule has 9 heteroatoms. The molecule has 1 N–H and O–H groups in total. The number of furan rings is 1. The van der Waals surface area contributed by atoms with Crippen LogP contribution >= 0.6 is 23.4 Å². The minimum absolute atomic E-state index is 0.0712. The quantitative estimate of drug-likeness (QED) is 0.321. The predicted molar refractivity (Wildman–Crippen MR) is 140 cm³/mol. The summed E-state index contributed by atoms with van der Waals surface area (Å²) in [5, 5.41) is 9.17. The van der Waals surface area contributed by atoms with Gasteiger partial charge < -0.3 is 14.3 Å². The highest BCUT2D eigenvalue weighted by molar-refractivity contribution is 8.18. The standard InChI is InChI=1S/C27H24ClNO6S/c1-15(2)19-7-4-16(3)12-23(19)34-11-10-29-25(30)24(36-27(29)33)14-18-6-9-22(35-18)20-13-17(26(31)32)5-8-21(20)28/h4-9,12-15H,10-11H2,1-3H3,(H,31,32)/b24-14-. The van der Waals surface area contributed by atoms with Crippen LogP contribution in [0.25, 0.3) is 17.4 Å². The lowest BCUT2D eigenvalue weighted by Crippen LogP contribution is -2.32. The summed E-state index contributed by atoms with van der Waals surface area (Å²) in [5.41, 5.74) is 2.62. The number of amides is 2. The number of rotatable bonds is 8. The molecule has 0 saturated carbocycles.